The van der Waals surface area contributed by atoms with Gasteiger partial charge in [0.05, 0.1) is 0 Å². The lowest BCUT2D eigenvalue weighted by atomic mass is 9.95. The Balaban J connectivity index is 1.90. The van der Waals surface area contributed by atoms with Crippen molar-refractivity contribution < 1.29 is 9.59 Å². The van der Waals surface area contributed by atoms with Crippen LogP contribution in [-0.4, -0.2) is 42.0 Å². The van der Waals surface area contributed by atoms with E-state index in [9.17, 15) is 9.59 Å². The zero-order chi connectivity index (χ0) is 16.9. The minimum Gasteiger partial charge on any atom is -0.341 e. The Morgan fingerprint density at radius 1 is 1.22 bits per heavy atom. The van der Waals surface area contributed by atoms with Crippen molar-refractivity contribution in [2.45, 2.75) is 32.2 Å². The predicted octanol–water partition coefficient (Wildman–Crippen LogP) is 1.78. The molecule has 6 heteroatoms. The fourth-order valence-electron chi connectivity index (χ4n) is 2.79. The quantitative estimate of drug-likeness (QED) is 0.791. The lowest BCUT2D eigenvalue weighted by Gasteiger charge is -2.37. The molecule has 1 heterocycles. The largest absolute Gasteiger partial charge is 0.341 e. The summed E-state index contributed by atoms with van der Waals surface area (Å²) in [5.41, 5.74) is 5.42. The van der Waals surface area contributed by atoms with E-state index in [0.717, 1.165) is 12.8 Å². The smallest absolute Gasteiger partial charge is 0.320 e. The topological polar surface area (TPSA) is 87.5 Å². The Hall–Kier alpha value is -2.08. The number of hydrogen-bond donors (Lipinski definition) is 3. The minimum atomic E-state index is -0.950. The number of nitrogens with one attached hydrogen (secondary N) is 2. The minimum absolute atomic E-state index is 0.0591. The van der Waals surface area contributed by atoms with Crippen molar-refractivity contribution in [2.24, 2.45) is 11.7 Å². The maximum Gasteiger partial charge on any atom is 0.320 e. The highest BCUT2D eigenvalue weighted by Crippen LogP contribution is 2.19. The highest BCUT2D eigenvalue weighted by atomic mass is 16.2. The van der Waals surface area contributed by atoms with E-state index in [1.54, 1.807) is 26.0 Å². The molecular weight excluding hydrogens is 292 g/mol. The Morgan fingerprint density at radius 2 is 1.83 bits per heavy atom. The summed E-state index contributed by atoms with van der Waals surface area (Å²) in [6.07, 6.45) is 1.85. The lowest BCUT2D eigenvalue weighted by molar-refractivity contribution is -0.138. The van der Waals surface area contributed by atoms with E-state index in [2.05, 4.69) is 10.6 Å². The Labute approximate surface area is 137 Å². The molecule has 1 aromatic rings. The van der Waals surface area contributed by atoms with E-state index in [0.29, 0.717) is 31.2 Å². The van der Waals surface area contributed by atoms with Crippen molar-refractivity contribution >= 4 is 17.6 Å². The number of carbonyl (C=O) groups is 2. The average Bonchev–Trinajstić information content (AvgIpc) is 2.54. The van der Waals surface area contributed by atoms with Crippen molar-refractivity contribution in [3.63, 3.8) is 0 Å². The van der Waals surface area contributed by atoms with Gasteiger partial charge in [0.15, 0.2) is 0 Å². The molecule has 4 N–H and O–H groups in total. The number of anilines is 1. The first-order valence-corrected chi connectivity index (χ1v) is 8.06. The van der Waals surface area contributed by atoms with E-state index in [4.69, 9.17) is 5.73 Å². The van der Waals surface area contributed by atoms with Gasteiger partial charge < -0.3 is 21.3 Å². The fourth-order valence-corrected chi connectivity index (χ4v) is 2.79. The molecule has 1 fully saturated rings. The maximum atomic E-state index is 12.7. The molecule has 1 aliphatic rings. The number of nitrogens with zero attached hydrogens (tertiary/aromatic N) is 1. The highest BCUT2D eigenvalue weighted by Gasteiger charge is 2.35. The van der Waals surface area contributed by atoms with Crippen LogP contribution >= 0.6 is 0 Å². The summed E-state index contributed by atoms with van der Waals surface area (Å²) < 4.78 is 0. The number of rotatable bonds is 4. The van der Waals surface area contributed by atoms with Crippen LogP contribution in [0, 0.1) is 5.92 Å². The molecule has 1 aliphatic heterocycles. The van der Waals surface area contributed by atoms with Crippen LogP contribution in [0.4, 0.5) is 10.5 Å². The van der Waals surface area contributed by atoms with Crippen LogP contribution in [0.5, 0.6) is 0 Å². The second kappa shape index (κ2) is 7.46. The first-order valence-electron chi connectivity index (χ1n) is 8.06. The van der Waals surface area contributed by atoms with Crippen molar-refractivity contribution in [3.8, 4) is 0 Å². The predicted molar refractivity (Wildman–Crippen MR) is 91.0 cm³/mol. The molecule has 0 aliphatic carbocycles. The van der Waals surface area contributed by atoms with Crippen LogP contribution in [-0.2, 0) is 4.79 Å². The first kappa shape index (κ1) is 17.3. The number of hydrogen-bond acceptors (Lipinski definition) is 3. The summed E-state index contributed by atoms with van der Waals surface area (Å²) >= 11 is 0. The number of amides is 3. The summed E-state index contributed by atoms with van der Waals surface area (Å²) in [5.74, 6) is 0.438. The van der Waals surface area contributed by atoms with Gasteiger partial charge in [0.1, 0.15) is 5.54 Å². The fraction of sp³-hybridized carbons (Fsp3) is 0.529. The van der Waals surface area contributed by atoms with Crippen LogP contribution < -0.4 is 16.4 Å². The van der Waals surface area contributed by atoms with Gasteiger partial charge in [0, 0.05) is 18.8 Å². The molecule has 0 bridgehead atoms. The van der Waals surface area contributed by atoms with Crippen LogP contribution in [0.25, 0.3) is 0 Å². The number of para-hydroxylation sites is 1. The molecule has 1 aromatic carbocycles. The van der Waals surface area contributed by atoms with Crippen LogP contribution in [0.2, 0.25) is 0 Å². The molecule has 2 rings (SSSR count). The highest BCUT2D eigenvalue weighted by molar-refractivity contribution is 5.95. The van der Waals surface area contributed by atoms with Crippen molar-refractivity contribution in [1.29, 1.82) is 0 Å². The third-order valence-electron chi connectivity index (χ3n) is 4.23. The van der Waals surface area contributed by atoms with Crippen molar-refractivity contribution in [2.75, 3.05) is 25.0 Å². The summed E-state index contributed by atoms with van der Waals surface area (Å²) in [5, 5.41) is 5.50. The normalized spacial score (nSPS) is 16.0. The van der Waals surface area contributed by atoms with Crippen LogP contribution in [0.3, 0.4) is 0 Å². The van der Waals surface area contributed by atoms with E-state index in [1.807, 2.05) is 23.1 Å². The van der Waals surface area contributed by atoms with Gasteiger partial charge in [-0.1, -0.05) is 18.2 Å². The van der Waals surface area contributed by atoms with Gasteiger partial charge in [-0.25, -0.2) is 4.79 Å². The van der Waals surface area contributed by atoms with Gasteiger partial charge in [-0.05, 0) is 51.3 Å². The maximum absolute atomic E-state index is 12.7. The molecule has 0 spiro atoms. The van der Waals surface area contributed by atoms with Gasteiger partial charge in [0.2, 0.25) is 5.91 Å². The molecule has 0 saturated carbocycles. The molecule has 1 saturated heterocycles. The number of likely N-dealkylation sites (tertiary alicyclic amines) is 1. The van der Waals surface area contributed by atoms with Crippen molar-refractivity contribution in [3.05, 3.63) is 30.3 Å². The zero-order valence-electron chi connectivity index (χ0n) is 13.8. The monoisotopic (exact) mass is 318 g/mol. The SMILES string of the molecule is CC(C)(NC(=O)Nc1ccccc1)C(=O)N1CCC(CN)CC1. The average molecular weight is 318 g/mol. The summed E-state index contributed by atoms with van der Waals surface area (Å²) in [7, 11) is 0. The van der Waals surface area contributed by atoms with Gasteiger partial charge >= 0.3 is 6.03 Å². The van der Waals surface area contributed by atoms with Crippen LogP contribution in [0.1, 0.15) is 26.7 Å². The summed E-state index contributed by atoms with van der Waals surface area (Å²) in [6.45, 7) is 5.53. The molecule has 0 radical (unpaired) electrons. The second-order valence-corrected chi connectivity index (χ2v) is 6.54. The van der Waals surface area contributed by atoms with E-state index < -0.39 is 5.54 Å². The van der Waals surface area contributed by atoms with E-state index in [1.165, 1.54) is 0 Å². The Morgan fingerprint density at radius 3 is 2.39 bits per heavy atom. The molecular formula is C17H26N4O2. The third kappa shape index (κ3) is 4.69. The second-order valence-electron chi connectivity index (χ2n) is 6.54. The molecule has 0 unspecified atom stereocenters. The summed E-state index contributed by atoms with van der Waals surface area (Å²) in [6, 6.07) is 8.77. The molecule has 0 aromatic heterocycles. The van der Waals surface area contributed by atoms with Gasteiger partial charge in [0.25, 0.3) is 0 Å². The van der Waals surface area contributed by atoms with Gasteiger partial charge in [-0.15, -0.1) is 0 Å². The molecule has 23 heavy (non-hydrogen) atoms. The standard InChI is InChI=1S/C17H26N4O2/c1-17(2,15(22)21-10-8-13(12-18)9-11-21)20-16(23)19-14-6-4-3-5-7-14/h3-7,13H,8-12,18H2,1-2H3,(H2,19,20,23). The number of nitrogens with two attached hydrogens (primary N) is 1. The number of carbonyl (C=O) groups excluding carboxylic acids is 2. The molecule has 6 nitrogen and oxygen atoms in total. The molecule has 0 atom stereocenters. The number of benzene rings is 1. The number of piperidine rings is 1. The molecule has 3 amide bonds. The molecule has 126 valence electrons. The Kier molecular flexibility index (Phi) is 5.60. The Bertz CT molecular complexity index is 537. The van der Waals surface area contributed by atoms with Gasteiger partial charge in [-0.2, -0.15) is 0 Å². The number of urea groups is 1. The lowest BCUT2D eigenvalue weighted by Crippen LogP contribution is -2.58. The van der Waals surface area contributed by atoms with E-state index >= 15 is 0 Å². The first-order chi connectivity index (χ1) is 10.9. The van der Waals surface area contributed by atoms with Gasteiger partial charge in [-0.3, -0.25) is 4.79 Å². The van der Waals surface area contributed by atoms with Crippen LogP contribution in [0.15, 0.2) is 30.3 Å². The van der Waals surface area contributed by atoms with E-state index in [-0.39, 0.29) is 11.9 Å². The summed E-state index contributed by atoms with van der Waals surface area (Å²) in [4.78, 5) is 26.6. The third-order valence-corrected chi connectivity index (χ3v) is 4.23. The zero-order valence-corrected chi connectivity index (χ0v) is 13.8. The van der Waals surface area contributed by atoms with Crippen molar-refractivity contribution in [1.82, 2.24) is 10.2 Å².